The molecule has 1 aromatic rings. The molecule has 0 aromatic heterocycles. The lowest BCUT2D eigenvalue weighted by molar-refractivity contribution is -0.255. The second-order valence-electron chi connectivity index (χ2n) is 13.6. The maximum absolute atomic E-state index is 13.8. The number of unbranched alkanes of at least 4 members (excludes halogenated alkanes) is 2. The van der Waals surface area contributed by atoms with Crippen LogP contribution in [0.2, 0.25) is 0 Å². The Morgan fingerprint density at radius 1 is 1.14 bits per heavy atom. The monoisotopic (exact) mass is 684 g/mol. The van der Waals surface area contributed by atoms with E-state index in [1.54, 1.807) is 36.1 Å². The van der Waals surface area contributed by atoms with Crippen molar-refractivity contribution in [2.24, 2.45) is 22.9 Å². The van der Waals surface area contributed by atoms with Crippen LogP contribution in [0.3, 0.4) is 0 Å². The highest BCUT2D eigenvalue weighted by Gasteiger charge is 2.65. The van der Waals surface area contributed by atoms with Crippen molar-refractivity contribution in [3.8, 4) is 11.5 Å². The average Bonchev–Trinajstić information content (AvgIpc) is 3.11. The van der Waals surface area contributed by atoms with Gasteiger partial charge in [0.25, 0.3) is 0 Å². The molecule has 2 aliphatic carbocycles. The van der Waals surface area contributed by atoms with Crippen LogP contribution in [0.1, 0.15) is 96.0 Å². The highest BCUT2D eigenvalue weighted by molar-refractivity contribution is 6.02. The molecule has 11 heteroatoms. The Morgan fingerprint density at radius 3 is 2.63 bits per heavy atom. The minimum absolute atomic E-state index is 0.0833. The molecule has 272 valence electrons. The summed E-state index contributed by atoms with van der Waals surface area (Å²) < 4.78 is 25.5. The molecule has 2 aliphatic heterocycles. The first kappa shape index (κ1) is 37.1. The molecule has 4 aliphatic rings. The number of nitrogens with zero attached hydrogens (tertiary/aromatic N) is 2. The Hall–Kier alpha value is -3.12. The number of phenolic OH excluding ortho intramolecular Hbond substituents is 1. The fraction of sp³-hybridized carbons (Fsp3) is 0.684. The Bertz CT molecular complexity index is 1310. The molecule has 7 atom stereocenters. The molecule has 2 fully saturated rings. The van der Waals surface area contributed by atoms with Gasteiger partial charge in [-0.2, -0.15) is 0 Å². The van der Waals surface area contributed by atoms with E-state index >= 15 is 0 Å². The van der Waals surface area contributed by atoms with Crippen LogP contribution < -0.4 is 4.74 Å². The number of aliphatic hydroxyl groups is 2. The molecule has 49 heavy (non-hydrogen) atoms. The summed E-state index contributed by atoms with van der Waals surface area (Å²) in [5, 5.41) is 35.1. The van der Waals surface area contributed by atoms with Crippen molar-refractivity contribution < 1.29 is 43.9 Å². The van der Waals surface area contributed by atoms with E-state index < -0.39 is 30.1 Å². The van der Waals surface area contributed by atoms with Crippen molar-refractivity contribution in [3.05, 3.63) is 48.1 Å². The summed E-state index contributed by atoms with van der Waals surface area (Å²) in [6, 6.07) is 4.57. The molecule has 7 unspecified atom stereocenters. The van der Waals surface area contributed by atoms with Gasteiger partial charge in [0.05, 0.1) is 31.5 Å². The molecule has 1 aromatic carbocycles. The van der Waals surface area contributed by atoms with Crippen molar-refractivity contribution in [3.63, 3.8) is 0 Å². The number of hydrogen-bond acceptors (Lipinski definition) is 10. The number of oxime groups is 1. The van der Waals surface area contributed by atoms with Crippen LogP contribution in [0.5, 0.6) is 11.5 Å². The Morgan fingerprint density at radius 2 is 1.94 bits per heavy atom. The molecule has 2 heterocycles. The third-order valence-corrected chi connectivity index (χ3v) is 10.4. The second-order valence-corrected chi connectivity index (χ2v) is 13.6. The van der Waals surface area contributed by atoms with Gasteiger partial charge in [0.2, 0.25) is 12.1 Å². The van der Waals surface area contributed by atoms with Gasteiger partial charge >= 0.3 is 6.09 Å². The number of carbonyl (C=O) groups excluding carboxylic acids is 1. The molecular weight excluding hydrogens is 628 g/mol. The third-order valence-electron chi connectivity index (χ3n) is 10.4. The highest BCUT2D eigenvalue weighted by Crippen LogP contribution is 2.61. The van der Waals surface area contributed by atoms with Gasteiger partial charge in [0.15, 0.2) is 0 Å². The second kappa shape index (κ2) is 17.7. The summed E-state index contributed by atoms with van der Waals surface area (Å²) in [5.41, 5.74) is 2.54. The molecular formula is C38H56N2O9. The fourth-order valence-corrected chi connectivity index (χ4v) is 8.40. The Balaban J connectivity index is 1.75. The number of fused-ring (bicyclic) bond motifs is 2. The topological polar surface area (TPSA) is 140 Å². The molecule has 1 amide bonds. The number of carbonyl (C=O) groups is 1. The van der Waals surface area contributed by atoms with Gasteiger partial charge in [0.1, 0.15) is 17.5 Å². The lowest BCUT2D eigenvalue weighted by Crippen LogP contribution is -2.70. The van der Waals surface area contributed by atoms with Crippen molar-refractivity contribution in [2.45, 2.75) is 109 Å². The highest BCUT2D eigenvalue weighted by atomic mass is 16.8. The molecule has 1 saturated heterocycles. The zero-order valence-corrected chi connectivity index (χ0v) is 29.3. The number of rotatable bonds is 17. The van der Waals surface area contributed by atoms with Gasteiger partial charge in [-0.1, -0.05) is 37.1 Å². The number of benzene rings is 1. The first-order chi connectivity index (χ1) is 23.9. The third kappa shape index (κ3) is 8.11. The van der Waals surface area contributed by atoms with E-state index in [0.29, 0.717) is 50.3 Å². The van der Waals surface area contributed by atoms with E-state index in [9.17, 15) is 20.1 Å². The summed E-state index contributed by atoms with van der Waals surface area (Å²) in [6.07, 6.45) is 11.5. The van der Waals surface area contributed by atoms with Gasteiger partial charge in [-0.25, -0.2) is 4.79 Å². The summed E-state index contributed by atoms with van der Waals surface area (Å²) in [5.74, 6) is -1.04. The van der Waals surface area contributed by atoms with E-state index in [4.69, 9.17) is 28.9 Å². The van der Waals surface area contributed by atoms with Crippen LogP contribution in [0.4, 0.5) is 4.79 Å². The minimum atomic E-state index is -1.34. The summed E-state index contributed by atoms with van der Waals surface area (Å²) in [7, 11) is 0. The Kier molecular flexibility index (Phi) is 13.4. The van der Waals surface area contributed by atoms with E-state index in [-0.39, 0.29) is 49.9 Å². The molecule has 11 nitrogen and oxygen atoms in total. The molecule has 5 rings (SSSR count). The number of phenols is 1. The van der Waals surface area contributed by atoms with Crippen molar-refractivity contribution in [1.29, 1.82) is 0 Å². The van der Waals surface area contributed by atoms with E-state index in [2.05, 4.69) is 12.7 Å². The van der Waals surface area contributed by atoms with Gasteiger partial charge in [0, 0.05) is 44.1 Å². The maximum atomic E-state index is 13.8. The number of amides is 1. The first-order valence-electron chi connectivity index (χ1n) is 18.4. The fourth-order valence-electron chi connectivity index (χ4n) is 8.40. The lowest BCUT2D eigenvalue weighted by atomic mass is 9.55. The number of ether oxygens (including phenoxy) is 4. The normalized spacial score (nSPS) is 29.6. The van der Waals surface area contributed by atoms with Crippen LogP contribution in [0, 0.1) is 17.8 Å². The van der Waals surface area contributed by atoms with Crippen LogP contribution >= 0.6 is 0 Å². The van der Waals surface area contributed by atoms with E-state index in [1.165, 1.54) is 0 Å². The molecule has 3 N–H and O–H groups in total. The zero-order chi connectivity index (χ0) is 34.8. The average molecular weight is 685 g/mol. The molecule has 0 spiro atoms. The standard InChI is InChI=1S/C38H56N2O9/c1-4-18-40(37(44)45-6-3)33-25-31(39-49-34-15-9-12-22-46-34)29-23-26(13-7-10-19-41)28(14-8-11-20-42)35-30-24-27(43)16-17-32(30)48-38(33,36(29)35)47-21-5-2/h5,16-17,23-24,26,28,33-36,41-43H,2,4,6-15,18-22,25H2,1,3H3. The smallest absolute Gasteiger partial charge is 0.410 e. The molecule has 1 saturated carbocycles. The quantitative estimate of drug-likeness (QED) is 0.0964. The van der Waals surface area contributed by atoms with Crippen molar-refractivity contribution in [1.82, 2.24) is 4.90 Å². The SMILES string of the molecule is C=CCOC12Oc3ccc(O)cc3C3C(CCCCO)C(CCCCO)C=C(C(=NOC4CCCCO4)CC1N(CCC)C(=O)OCC)C32. The van der Waals surface area contributed by atoms with Gasteiger partial charge in [-0.15, -0.1) is 6.58 Å². The number of aromatic hydroxyl groups is 1. The van der Waals surface area contributed by atoms with Crippen LogP contribution in [-0.4, -0.2) is 89.7 Å². The van der Waals surface area contributed by atoms with E-state index in [0.717, 1.165) is 56.1 Å². The maximum Gasteiger partial charge on any atom is 0.410 e. The molecule has 0 bridgehead atoms. The van der Waals surface area contributed by atoms with E-state index in [1.807, 2.05) is 6.92 Å². The Labute approximate surface area is 290 Å². The van der Waals surface area contributed by atoms with Crippen LogP contribution in [-0.2, 0) is 19.0 Å². The number of hydrogen-bond donors (Lipinski definition) is 3. The van der Waals surface area contributed by atoms with Crippen LogP contribution in [0.25, 0.3) is 0 Å². The zero-order valence-electron chi connectivity index (χ0n) is 29.3. The van der Waals surface area contributed by atoms with Gasteiger partial charge in [-0.05, 0) is 87.5 Å². The molecule has 0 radical (unpaired) electrons. The van der Waals surface area contributed by atoms with Crippen LogP contribution in [0.15, 0.2) is 47.7 Å². The predicted molar refractivity (Wildman–Crippen MR) is 185 cm³/mol. The van der Waals surface area contributed by atoms with Gasteiger partial charge < -0.3 is 39.1 Å². The summed E-state index contributed by atoms with van der Waals surface area (Å²) in [6.45, 7) is 9.43. The summed E-state index contributed by atoms with van der Waals surface area (Å²) >= 11 is 0. The van der Waals surface area contributed by atoms with Gasteiger partial charge in [-0.3, -0.25) is 4.90 Å². The number of aliphatic hydroxyl groups excluding tert-OH is 2. The summed E-state index contributed by atoms with van der Waals surface area (Å²) in [4.78, 5) is 21.7. The first-order valence-corrected chi connectivity index (χ1v) is 18.4. The number of allylic oxidation sites excluding steroid dienone is 1. The minimum Gasteiger partial charge on any atom is -0.508 e. The lowest BCUT2D eigenvalue weighted by Gasteiger charge is -2.59. The predicted octanol–water partition coefficient (Wildman–Crippen LogP) is 6.42. The largest absolute Gasteiger partial charge is 0.508 e. The van der Waals surface area contributed by atoms with Crippen molar-refractivity contribution >= 4 is 11.8 Å². The van der Waals surface area contributed by atoms with Crippen molar-refractivity contribution in [2.75, 3.05) is 39.6 Å².